The number of hydrogen-bond donors (Lipinski definition) is 0. The maximum absolute atomic E-state index is 14.2. The van der Waals surface area contributed by atoms with Gasteiger partial charge in [-0.05, 0) is 75.7 Å². The standard InChI is InChI=1S/C30H26BrF3N6O2/c1-16-11-18(3)40(36-16)29-35-25-15-38(27(41)20-5-7-24(31)23(14-20)30(32,33)34)17(2)12-22(25)28(42)39(29)21-6-8-26-19(13-21)9-10-37(26)4/h5-11,13-14,17H,12,15H2,1-4H3/t17-/m1/s1. The molecule has 5 aromatic rings. The number of fused-ring (bicyclic) bond motifs is 2. The molecule has 0 unspecified atom stereocenters. The van der Waals surface area contributed by atoms with Crippen molar-refractivity contribution in [3.8, 4) is 11.6 Å². The Bertz CT molecular complexity index is 1960. The van der Waals surface area contributed by atoms with E-state index in [0.29, 0.717) is 16.9 Å². The van der Waals surface area contributed by atoms with Crippen molar-refractivity contribution in [2.75, 3.05) is 0 Å². The second kappa shape index (κ2) is 9.97. The van der Waals surface area contributed by atoms with E-state index in [2.05, 4.69) is 21.0 Å². The van der Waals surface area contributed by atoms with Crippen LogP contribution in [-0.2, 0) is 26.2 Å². The number of halogens is 4. The Morgan fingerprint density at radius 3 is 2.52 bits per heavy atom. The Morgan fingerprint density at radius 1 is 1.07 bits per heavy atom. The van der Waals surface area contributed by atoms with Crippen LogP contribution in [0.4, 0.5) is 13.2 Å². The van der Waals surface area contributed by atoms with Crippen LogP contribution in [0.15, 0.2) is 64.0 Å². The number of amides is 1. The zero-order valence-corrected chi connectivity index (χ0v) is 24.8. The molecule has 4 heterocycles. The fourth-order valence-electron chi connectivity index (χ4n) is 5.57. The number of aromatic nitrogens is 5. The van der Waals surface area contributed by atoms with E-state index in [0.717, 1.165) is 28.4 Å². The van der Waals surface area contributed by atoms with Crippen LogP contribution in [0.3, 0.4) is 0 Å². The van der Waals surface area contributed by atoms with Crippen LogP contribution in [0.5, 0.6) is 0 Å². The summed E-state index contributed by atoms with van der Waals surface area (Å²) >= 11 is 2.93. The number of hydrogen-bond acceptors (Lipinski definition) is 4. The topological polar surface area (TPSA) is 78.0 Å². The van der Waals surface area contributed by atoms with Crippen molar-refractivity contribution in [1.82, 2.24) is 28.8 Å². The fraction of sp³-hybridized carbons (Fsp3) is 0.267. The highest BCUT2D eigenvalue weighted by Gasteiger charge is 2.36. The third-order valence-electron chi connectivity index (χ3n) is 7.70. The Morgan fingerprint density at radius 2 is 1.83 bits per heavy atom. The largest absolute Gasteiger partial charge is 0.417 e. The van der Waals surface area contributed by atoms with Gasteiger partial charge in [-0.15, -0.1) is 0 Å². The molecule has 0 bridgehead atoms. The highest BCUT2D eigenvalue weighted by Crippen LogP contribution is 2.36. The molecule has 0 saturated heterocycles. The van der Waals surface area contributed by atoms with Crippen molar-refractivity contribution in [1.29, 1.82) is 0 Å². The summed E-state index contributed by atoms with van der Waals surface area (Å²) in [4.78, 5) is 34.1. The summed E-state index contributed by atoms with van der Waals surface area (Å²) in [5.41, 5.74) is 2.68. The van der Waals surface area contributed by atoms with Crippen molar-refractivity contribution in [2.45, 2.75) is 46.0 Å². The number of carbonyl (C=O) groups is 1. The first-order valence-corrected chi connectivity index (χ1v) is 14.0. The molecule has 0 radical (unpaired) electrons. The molecule has 0 N–H and O–H groups in total. The van der Waals surface area contributed by atoms with Crippen molar-refractivity contribution < 1.29 is 18.0 Å². The molecule has 216 valence electrons. The molecule has 1 atom stereocenters. The predicted octanol–water partition coefficient (Wildman–Crippen LogP) is 5.90. The molecule has 0 fully saturated rings. The van der Waals surface area contributed by atoms with Gasteiger partial charge in [0.2, 0.25) is 5.95 Å². The second-order valence-electron chi connectivity index (χ2n) is 10.7. The maximum atomic E-state index is 14.2. The van der Waals surface area contributed by atoms with Crippen molar-refractivity contribution in [3.05, 3.63) is 103 Å². The Labute approximate surface area is 247 Å². The number of nitrogens with zero attached hydrogens (tertiary/aromatic N) is 6. The van der Waals surface area contributed by atoms with Crippen molar-refractivity contribution >= 4 is 32.7 Å². The number of aryl methyl sites for hydroxylation is 3. The normalized spacial score (nSPS) is 15.3. The monoisotopic (exact) mass is 638 g/mol. The van der Waals surface area contributed by atoms with Crippen molar-refractivity contribution in [3.63, 3.8) is 0 Å². The van der Waals surface area contributed by atoms with E-state index in [-0.39, 0.29) is 34.5 Å². The molecule has 1 aliphatic rings. The van der Waals surface area contributed by atoms with Gasteiger partial charge in [-0.3, -0.25) is 9.59 Å². The van der Waals surface area contributed by atoms with Crippen LogP contribution in [0.2, 0.25) is 0 Å². The summed E-state index contributed by atoms with van der Waals surface area (Å²) < 4.78 is 45.6. The summed E-state index contributed by atoms with van der Waals surface area (Å²) in [6.45, 7) is 5.45. The SMILES string of the molecule is Cc1cc(C)n(-c2nc3c(c(=O)n2-c2ccc4c(ccn4C)c2)C[C@@H](C)N(C(=O)c2ccc(Br)c(C(F)(F)F)c2)C3)n1. The van der Waals surface area contributed by atoms with E-state index in [1.165, 1.54) is 17.0 Å². The van der Waals surface area contributed by atoms with Crippen LogP contribution in [-0.4, -0.2) is 40.7 Å². The highest BCUT2D eigenvalue weighted by molar-refractivity contribution is 9.10. The van der Waals surface area contributed by atoms with Gasteiger partial charge in [-0.25, -0.2) is 14.2 Å². The number of carbonyl (C=O) groups excluding carboxylic acids is 1. The van der Waals surface area contributed by atoms with Gasteiger partial charge in [0.25, 0.3) is 11.5 Å². The number of alkyl halides is 3. The van der Waals surface area contributed by atoms with Crippen LogP contribution in [0.1, 0.15) is 45.5 Å². The summed E-state index contributed by atoms with van der Waals surface area (Å²) in [7, 11) is 1.95. The Hall–Kier alpha value is -4.19. The van der Waals surface area contributed by atoms with Crippen LogP contribution >= 0.6 is 15.9 Å². The van der Waals surface area contributed by atoms with Gasteiger partial charge in [0, 0.05) is 51.5 Å². The quantitative estimate of drug-likeness (QED) is 0.247. The molecule has 1 aliphatic heterocycles. The van der Waals surface area contributed by atoms with Gasteiger partial charge < -0.3 is 9.47 Å². The summed E-state index contributed by atoms with van der Waals surface area (Å²) in [6, 6.07) is 12.5. The van der Waals surface area contributed by atoms with Crippen LogP contribution in [0, 0.1) is 13.8 Å². The molecular weight excluding hydrogens is 613 g/mol. The van der Waals surface area contributed by atoms with Gasteiger partial charge >= 0.3 is 6.18 Å². The number of rotatable bonds is 3. The molecule has 8 nitrogen and oxygen atoms in total. The van der Waals surface area contributed by atoms with E-state index in [1.807, 2.05) is 62.0 Å². The molecule has 1 amide bonds. The molecule has 0 aliphatic carbocycles. The lowest BCUT2D eigenvalue weighted by molar-refractivity contribution is -0.138. The van der Waals surface area contributed by atoms with E-state index >= 15 is 0 Å². The fourth-order valence-corrected chi connectivity index (χ4v) is 6.05. The van der Waals surface area contributed by atoms with E-state index in [9.17, 15) is 22.8 Å². The maximum Gasteiger partial charge on any atom is 0.417 e. The van der Waals surface area contributed by atoms with Gasteiger partial charge in [0.1, 0.15) is 0 Å². The lowest BCUT2D eigenvalue weighted by Gasteiger charge is -2.34. The molecule has 3 aromatic heterocycles. The lowest BCUT2D eigenvalue weighted by Crippen LogP contribution is -2.46. The van der Waals surface area contributed by atoms with Crippen LogP contribution in [0.25, 0.3) is 22.5 Å². The van der Waals surface area contributed by atoms with E-state index in [1.54, 1.807) is 16.2 Å². The Balaban J connectivity index is 1.48. The Kier molecular flexibility index (Phi) is 6.64. The molecule has 6 rings (SSSR count). The smallest absolute Gasteiger partial charge is 0.351 e. The molecule has 0 spiro atoms. The van der Waals surface area contributed by atoms with Gasteiger partial charge in [0.05, 0.1) is 29.2 Å². The van der Waals surface area contributed by atoms with Crippen molar-refractivity contribution in [2.24, 2.45) is 7.05 Å². The minimum atomic E-state index is -4.63. The minimum absolute atomic E-state index is 0.0349. The number of benzene rings is 2. The zero-order chi connectivity index (χ0) is 30.1. The summed E-state index contributed by atoms with van der Waals surface area (Å²) in [6.07, 6.45) is -2.49. The summed E-state index contributed by atoms with van der Waals surface area (Å²) in [5, 5.41) is 5.53. The highest BCUT2D eigenvalue weighted by atomic mass is 79.9. The third-order valence-corrected chi connectivity index (χ3v) is 8.39. The first-order valence-electron chi connectivity index (χ1n) is 13.2. The second-order valence-corrected chi connectivity index (χ2v) is 11.5. The third kappa shape index (κ3) is 4.63. The first kappa shape index (κ1) is 28.0. The van der Waals surface area contributed by atoms with E-state index in [4.69, 9.17) is 4.98 Å². The lowest BCUT2D eigenvalue weighted by atomic mass is 9.98. The van der Waals surface area contributed by atoms with Gasteiger partial charge in [-0.2, -0.15) is 18.3 Å². The van der Waals surface area contributed by atoms with Gasteiger partial charge in [0.15, 0.2) is 0 Å². The predicted molar refractivity (Wildman–Crippen MR) is 155 cm³/mol. The van der Waals surface area contributed by atoms with Crippen LogP contribution < -0.4 is 5.56 Å². The molecule has 42 heavy (non-hydrogen) atoms. The zero-order valence-electron chi connectivity index (χ0n) is 23.2. The average molecular weight is 639 g/mol. The minimum Gasteiger partial charge on any atom is -0.351 e. The summed E-state index contributed by atoms with van der Waals surface area (Å²) in [5.74, 6) is -0.302. The molecule has 0 saturated carbocycles. The van der Waals surface area contributed by atoms with E-state index < -0.39 is 23.7 Å². The van der Waals surface area contributed by atoms with Gasteiger partial charge in [-0.1, -0.05) is 15.9 Å². The average Bonchev–Trinajstić information content (AvgIpc) is 3.47. The molecular formula is C30H26BrF3N6O2. The first-order chi connectivity index (χ1) is 19.8. The molecule has 2 aromatic carbocycles. The molecule has 12 heteroatoms.